The maximum absolute atomic E-state index is 12.8. The topological polar surface area (TPSA) is 59.0 Å². The molecule has 1 N–H and O–H groups in total. The van der Waals surface area contributed by atoms with Crippen LogP contribution in [-0.2, 0) is 0 Å². The van der Waals surface area contributed by atoms with Gasteiger partial charge in [0.15, 0.2) is 11.5 Å². The lowest BCUT2D eigenvalue weighted by atomic mass is 10.1. The number of carbonyl (C=O) groups excluding carboxylic acids is 1. The van der Waals surface area contributed by atoms with Gasteiger partial charge < -0.3 is 19.5 Å². The van der Waals surface area contributed by atoms with E-state index in [2.05, 4.69) is 13.8 Å². The summed E-state index contributed by atoms with van der Waals surface area (Å²) in [6.07, 6.45) is 0. The van der Waals surface area contributed by atoms with Crippen molar-refractivity contribution in [3.63, 3.8) is 0 Å². The molecule has 1 aromatic carbocycles. The van der Waals surface area contributed by atoms with Crippen LogP contribution in [0.2, 0.25) is 0 Å². The lowest BCUT2D eigenvalue weighted by Gasteiger charge is -2.37. The lowest BCUT2D eigenvalue weighted by molar-refractivity contribution is 0.0697. The number of aliphatic hydroxyl groups excluding tert-OH is 1. The van der Waals surface area contributed by atoms with Crippen molar-refractivity contribution in [2.24, 2.45) is 0 Å². The van der Waals surface area contributed by atoms with Gasteiger partial charge in [0.2, 0.25) is 0 Å². The molecular weight excluding hydrogens is 302 g/mol. The van der Waals surface area contributed by atoms with Crippen LogP contribution in [0.4, 0.5) is 0 Å². The number of nitrogens with zero attached hydrogens (tertiary/aromatic N) is 1. The van der Waals surface area contributed by atoms with Crippen LogP contribution in [0.5, 0.6) is 11.5 Å². The molecule has 1 amide bonds. The molecule has 2 atom stereocenters. The van der Waals surface area contributed by atoms with Gasteiger partial charge in [-0.25, -0.2) is 0 Å². The van der Waals surface area contributed by atoms with Gasteiger partial charge in [-0.15, -0.1) is 0 Å². The SMILES string of the molecule is COc1ccc(C(=O)N2CCS[C@H](C)[C@@H]2C)cc1OCCO. The van der Waals surface area contributed by atoms with Gasteiger partial charge in [0.25, 0.3) is 5.91 Å². The molecule has 0 unspecified atom stereocenters. The molecule has 1 aliphatic heterocycles. The van der Waals surface area contributed by atoms with Crippen LogP contribution in [-0.4, -0.2) is 59.8 Å². The van der Waals surface area contributed by atoms with E-state index < -0.39 is 0 Å². The monoisotopic (exact) mass is 325 g/mol. The third-order valence-electron chi connectivity index (χ3n) is 3.90. The number of rotatable bonds is 5. The van der Waals surface area contributed by atoms with Gasteiger partial charge in [-0.3, -0.25) is 4.79 Å². The minimum Gasteiger partial charge on any atom is -0.493 e. The molecule has 0 radical (unpaired) electrons. The average molecular weight is 325 g/mol. The fraction of sp³-hybridized carbons (Fsp3) is 0.562. The van der Waals surface area contributed by atoms with Gasteiger partial charge in [0, 0.05) is 29.2 Å². The number of aliphatic hydroxyl groups is 1. The average Bonchev–Trinajstić information content (AvgIpc) is 2.54. The fourth-order valence-corrected chi connectivity index (χ4v) is 3.56. The van der Waals surface area contributed by atoms with Crippen molar-refractivity contribution < 1.29 is 19.4 Å². The van der Waals surface area contributed by atoms with Crippen molar-refractivity contribution in [1.82, 2.24) is 4.90 Å². The number of ether oxygens (including phenoxy) is 2. The summed E-state index contributed by atoms with van der Waals surface area (Å²) in [6, 6.07) is 5.38. The molecule has 6 heteroatoms. The van der Waals surface area contributed by atoms with E-state index in [1.54, 1.807) is 25.3 Å². The van der Waals surface area contributed by atoms with Crippen molar-refractivity contribution >= 4 is 17.7 Å². The number of thioether (sulfide) groups is 1. The first-order valence-corrected chi connectivity index (χ1v) is 8.47. The Morgan fingerprint density at radius 3 is 2.86 bits per heavy atom. The quantitative estimate of drug-likeness (QED) is 0.898. The first kappa shape index (κ1) is 17.0. The van der Waals surface area contributed by atoms with E-state index in [0.717, 1.165) is 12.3 Å². The van der Waals surface area contributed by atoms with Gasteiger partial charge in [-0.1, -0.05) is 6.92 Å². The largest absolute Gasteiger partial charge is 0.493 e. The molecule has 0 bridgehead atoms. The predicted octanol–water partition coefficient (Wildman–Crippen LogP) is 2.03. The Hall–Kier alpha value is -1.40. The molecule has 2 rings (SSSR count). The van der Waals surface area contributed by atoms with Gasteiger partial charge in [0.05, 0.1) is 13.7 Å². The Bertz CT molecular complexity index is 523. The van der Waals surface area contributed by atoms with Crippen molar-refractivity contribution in [3.8, 4) is 11.5 Å². The number of carbonyl (C=O) groups is 1. The molecule has 22 heavy (non-hydrogen) atoms. The second kappa shape index (κ2) is 7.74. The number of benzene rings is 1. The molecule has 0 spiro atoms. The maximum Gasteiger partial charge on any atom is 0.254 e. The van der Waals surface area contributed by atoms with Crippen molar-refractivity contribution in [3.05, 3.63) is 23.8 Å². The van der Waals surface area contributed by atoms with Crippen LogP contribution >= 0.6 is 11.8 Å². The summed E-state index contributed by atoms with van der Waals surface area (Å²) in [5, 5.41) is 9.33. The molecule has 1 saturated heterocycles. The summed E-state index contributed by atoms with van der Waals surface area (Å²) in [7, 11) is 1.55. The Kier molecular flexibility index (Phi) is 5.97. The molecule has 0 aliphatic carbocycles. The second-order valence-electron chi connectivity index (χ2n) is 5.25. The summed E-state index contributed by atoms with van der Waals surface area (Å²) < 4.78 is 10.7. The van der Waals surface area contributed by atoms with Crippen LogP contribution in [0, 0.1) is 0 Å². The standard InChI is InChI=1S/C16H23NO4S/c1-11-12(2)22-9-6-17(11)16(19)13-4-5-14(20-3)15(10-13)21-8-7-18/h4-5,10-12,18H,6-9H2,1-3H3/t11-,12+/m0/s1. The van der Waals surface area contributed by atoms with Crippen LogP contribution in [0.1, 0.15) is 24.2 Å². The molecule has 0 saturated carbocycles. The van der Waals surface area contributed by atoms with Crippen molar-refractivity contribution in [1.29, 1.82) is 0 Å². The highest BCUT2D eigenvalue weighted by atomic mass is 32.2. The zero-order chi connectivity index (χ0) is 16.1. The molecule has 1 heterocycles. The highest BCUT2D eigenvalue weighted by Crippen LogP contribution is 2.30. The molecule has 5 nitrogen and oxygen atoms in total. The Labute approximate surface area is 135 Å². The van der Waals surface area contributed by atoms with Gasteiger partial charge in [0.1, 0.15) is 6.61 Å². The first-order valence-electron chi connectivity index (χ1n) is 7.42. The van der Waals surface area contributed by atoms with Gasteiger partial charge in [-0.2, -0.15) is 11.8 Å². The van der Waals surface area contributed by atoms with Crippen molar-refractivity contribution in [2.45, 2.75) is 25.1 Å². The minimum absolute atomic E-state index is 0.0103. The van der Waals surface area contributed by atoms with E-state index in [1.807, 2.05) is 16.7 Å². The van der Waals surface area contributed by atoms with Crippen LogP contribution < -0.4 is 9.47 Å². The Morgan fingerprint density at radius 2 is 2.18 bits per heavy atom. The number of hydrogen-bond donors (Lipinski definition) is 1. The summed E-state index contributed by atoms with van der Waals surface area (Å²) >= 11 is 1.90. The smallest absolute Gasteiger partial charge is 0.254 e. The third kappa shape index (κ3) is 3.67. The van der Waals surface area contributed by atoms with E-state index in [4.69, 9.17) is 14.6 Å². The molecule has 0 aromatic heterocycles. The Balaban J connectivity index is 2.21. The lowest BCUT2D eigenvalue weighted by Crippen LogP contribution is -2.47. The minimum atomic E-state index is -0.0841. The highest BCUT2D eigenvalue weighted by molar-refractivity contribution is 8.00. The molecule has 122 valence electrons. The zero-order valence-corrected chi connectivity index (χ0v) is 14.1. The second-order valence-corrected chi connectivity index (χ2v) is 6.74. The van der Waals surface area contributed by atoms with Crippen LogP contribution in [0.25, 0.3) is 0 Å². The predicted molar refractivity (Wildman–Crippen MR) is 88.0 cm³/mol. The summed E-state index contributed by atoms with van der Waals surface area (Å²) in [5.74, 6) is 2.01. The number of amides is 1. The third-order valence-corrected chi connectivity index (χ3v) is 5.24. The molecule has 1 fully saturated rings. The van der Waals surface area contributed by atoms with Crippen LogP contribution in [0.15, 0.2) is 18.2 Å². The van der Waals surface area contributed by atoms with E-state index in [-0.39, 0.29) is 25.2 Å². The summed E-state index contributed by atoms with van der Waals surface area (Å²) in [4.78, 5) is 14.7. The van der Waals surface area contributed by atoms with Crippen molar-refractivity contribution in [2.75, 3.05) is 32.6 Å². The fourth-order valence-electron chi connectivity index (χ4n) is 2.46. The zero-order valence-electron chi connectivity index (χ0n) is 13.2. The van der Waals surface area contributed by atoms with Crippen LogP contribution in [0.3, 0.4) is 0 Å². The maximum atomic E-state index is 12.8. The van der Waals surface area contributed by atoms with E-state index in [0.29, 0.717) is 22.3 Å². The Morgan fingerprint density at radius 1 is 1.41 bits per heavy atom. The van der Waals surface area contributed by atoms with E-state index >= 15 is 0 Å². The van der Waals surface area contributed by atoms with Gasteiger partial charge >= 0.3 is 0 Å². The normalized spacial score (nSPS) is 21.5. The molecule has 1 aliphatic rings. The summed E-state index contributed by atoms with van der Waals surface area (Å²) in [6.45, 7) is 5.08. The van der Waals surface area contributed by atoms with Gasteiger partial charge in [-0.05, 0) is 25.1 Å². The number of methoxy groups -OCH3 is 1. The highest BCUT2D eigenvalue weighted by Gasteiger charge is 2.29. The summed E-state index contributed by atoms with van der Waals surface area (Å²) in [5.41, 5.74) is 0.583. The number of hydrogen-bond acceptors (Lipinski definition) is 5. The first-order chi connectivity index (χ1) is 10.6. The molecule has 1 aromatic rings. The van der Waals surface area contributed by atoms with E-state index in [1.165, 1.54) is 0 Å². The molecular formula is C16H23NO4S. The van der Waals surface area contributed by atoms with E-state index in [9.17, 15) is 4.79 Å².